The lowest BCUT2D eigenvalue weighted by molar-refractivity contribution is -0.132. The van der Waals surface area contributed by atoms with Crippen molar-refractivity contribution < 1.29 is 14.3 Å². The minimum atomic E-state index is -0.504. The molecule has 1 aliphatic heterocycles. The summed E-state index contributed by atoms with van der Waals surface area (Å²) in [5, 5.41) is 0. The van der Waals surface area contributed by atoms with Crippen LogP contribution in [0.1, 0.15) is 12.8 Å². The zero-order valence-electron chi connectivity index (χ0n) is 12.1. The summed E-state index contributed by atoms with van der Waals surface area (Å²) in [6, 6.07) is 7.47. The van der Waals surface area contributed by atoms with Gasteiger partial charge in [0.1, 0.15) is 5.75 Å². The Bertz CT molecular complexity index is 470. The third-order valence-electron chi connectivity index (χ3n) is 4.04. The molecule has 0 atom stereocenters. The Morgan fingerprint density at radius 1 is 1.45 bits per heavy atom. The summed E-state index contributed by atoms with van der Waals surface area (Å²) in [6.07, 6.45) is 1.35. The van der Waals surface area contributed by atoms with Gasteiger partial charge >= 0.3 is 0 Å². The molecule has 1 fully saturated rings. The molecule has 1 saturated heterocycles. The highest BCUT2D eigenvalue weighted by atomic mass is 16.5. The number of methoxy groups -OCH3 is 1. The molecule has 0 radical (unpaired) electrons. The molecular formula is C15H22N2O3. The minimum Gasteiger partial charge on any atom is -0.497 e. The first-order valence-electron chi connectivity index (χ1n) is 6.83. The molecule has 2 rings (SSSR count). The van der Waals surface area contributed by atoms with E-state index < -0.39 is 5.41 Å². The first-order valence-corrected chi connectivity index (χ1v) is 6.83. The number of nitrogens with zero attached hydrogens (tertiary/aromatic N) is 1. The lowest BCUT2D eigenvalue weighted by Gasteiger charge is -2.37. The van der Waals surface area contributed by atoms with Gasteiger partial charge in [0, 0.05) is 38.6 Å². The number of rotatable bonds is 4. The fourth-order valence-electron chi connectivity index (χ4n) is 2.56. The quantitative estimate of drug-likeness (QED) is 0.904. The number of anilines is 1. The van der Waals surface area contributed by atoms with E-state index in [0.29, 0.717) is 32.6 Å². The highest BCUT2D eigenvalue weighted by Gasteiger charge is 2.40. The molecule has 1 amide bonds. The second-order valence-corrected chi connectivity index (χ2v) is 5.16. The predicted octanol–water partition coefficient (Wildman–Crippen LogP) is 1.41. The zero-order chi connectivity index (χ0) is 14.6. The van der Waals surface area contributed by atoms with Crippen LogP contribution in [0.4, 0.5) is 5.69 Å². The van der Waals surface area contributed by atoms with Gasteiger partial charge in [-0.25, -0.2) is 0 Å². The van der Waals surface area contributed by atoms with Crippen LogP contribution in [0.5, 0.6) is 5.75 Å². The minimum absolute atomic E-state index is 0.0524. The van der Waals surface area contributed by atoms with E-state index in [1.807, 2.05) is 24.3 Å². The second kappa shape index (κ2) is 6.24. The van der Waals surface area contributed by atoms with Gasteiger partial charge in [-0.3, -0.25) is 4.79 Å². The van der Waals surface area contributed by atoms with Crippen LogP contribution in [0.2, 0.25) is 0 Å². The van der Waals surface area contributed by atoms with Gasteiger partial charge < -0.3 is 20.1 Å². The monoisotopic (exact) mass is 278 g/mol. The van der Waals surface area contributed by atoms with Crippen LogP contribution in [0.3, 0.4) is 0 Å². The van der Waals surface area contributed by atoms with E-state index >= 15 is 0 Å². The highest BCUT2D eigenvalue weighted by molar-refractivity contribution is 5.97. The maximum Gasteiger partial charge on any atom is 0.234 e. The number of hydrogen-bond acceptors (Lipinski definition) is 4. The Kier molecular flexibility index (Phi) is 4.62. The molecule has 0 aromatic heterocycles. The zero-order valence-corrected chi connectivity index (χ0v) is 12.1. The number of benzene rings is 1. The molecular weight excluding hydrogens is 256 g/mol. The number of hydrogen-bond donors (Lipinski definition) is 1. The number of amides is 1. The van der Waals surface area contributed by atoms with Gasteiger partial charge in [0.2, 0.25) is 5.91 Å². The van der Waals surface area contributed by atoms with Crippen LogP contribution in [0.15, 0.2) is 24.3 Å². The van der Waals surface area contributed by atoms with Crippen LogP contribution in [-0.4, -0.2) is 39.8 Å². The van der Waals surface area contributed by atoms with Gasteiger partial charge in [-0.1, -0.05) is 6.07 Å². The molecule has 1 aliphatic rings. The van der Waals surface area contributed by atoms with E-state index in [1.54, 1.807) is 19.1 Å². The Labute approximate surface area is 119 Å². The average molecular weight is 278 g/mol. The average Bonchev–Trinajstić information content (AvgIpc) is 2.54. The smallest absolute Gasteiger partial charge is 0.234 e. The van der Waals surface area contributed by atoms with E-state index in [-0.39, 0.29) is 5.91 Å². The summed E-state index contributed by atoms with van der Waals surface area (Å²) in [5.74, 6) is 0.785. The molecule has 0 aliphatic carbocycles. The molecule has 2 N–H and O–H groups in total. The summed E-state index contributed by atoms with van der Waals surface area (Å²) in [6.45, 7) is 1.54. The van der Waals surface area contributed by atoms with Gasteiger partial charge in [0.25, 0.3) is 0 Å². The van der Waals surface area contributed by atoms with Crippen molar-refractivity contribution >= 4 is 11.6 Å². The fraction of sp³-hybridized carbons (Fsp3) is 0.533. The highest BCUT2D eigenvalue weighted by Crippen LogP contribution is 2.33. The molecule has 0 spiro atoms. The molecule has 0 bridgehead atoms. The number of carbonyl (C=O) groups is 1. The van der Waals surface area contributed by atoms with Crippen molar-refractivity contribution in [2.75, 3.05) is 38.8 Å². The lowest BCUT2D eigenvalue weighted by atomic mass is 9.79. The summed E-state index contributed by atoms with van der Waals surface area (Å²) in [7, 11) is 3.39. The molecule has 0 saturated carbocycles. The topological polar surface area (TPSA) is 64.8 Å². The van der Waals surface area contributed by atoms with Crippen molar-refractivity contribution in [1.82, 2.24) is 0 Å². The molecule has 5 heteroatoms. The van der Waals surface area contributed by atoms with Gasteiger partial charge in [-0.2, -0.15) is 0 Å². The Balaban J connectivity index is 2.22. The molecule has 20 heavy (non-hydrogen) atoms. The Morgan fingerprint density at radius 2 is 2.15 bits per heavy atom. The Morgan fingerprint density at radius 3 is 2.75 bits per heavy atom. The maximum absolute atomic E-state index is 12.8. The summed E-state index contributed by atoms with van der Waals surface area (Å²) in [5.41, 5.74) is 6.19. The molecule has 1 aromatic rings. The van der Waals surface area contributed by atoms with E-state index in [2.05, 4.69) is 0 Å². The van der Waals surface area contributed by atoms with Crippen LogP contribution >= 0.6 is 0 Å². The van der Waals surface area contributed by atoms with Crippen molar-refractivity contribution in [2.45, 2.75) is 12.8 Å². The van der Waals surface area contributed by atoms with Crippen molar-refractivity contribution in [1.29, 1.82) is 0 Å². The molecule has 1 heterocycles. The number of nitrogens with two attached hydrogens (primary N) is 1. The van der Waals surface area contributed by atoms with Crippen LogP contribution < -0.4 is 15.4 Å². The first kappa shape index (κ1) is 14.8. The predicted molar refractivity (Wildman–Crippen MR) is 77.9 cm³/mol. The van der Waals surface area contributed by atoms with E-state index in [1.165, 1.54) is 0 Å². The standard InChI is InChI=1S/C15H22N2O3/c1-17(12-4-3-5-13(10-12)19-2)14(18)15(11-16)6-8-20-9-7-15/h3-5,10H,6-9,11,16H2,1-2H3. The van der Waals surface area contributed by atoms with Crippen molar-refractivity contribution in [3.05, 3.63) is 24.3 Å². The molecule has 5 nitrogen and oxygen atoms in total. The SMILES string of the molecule is COc1cccc(N(C)C(=O)C2(CN)CCOCC2)c1. The van der Waals surface area contributed by atoms with Crippen LogP contribution in [-0.2, 0) is 9.53 Å². The maximum atomic E-state index is 12.8. The van der Waals surface area contributed by atoms with E-state index in [4.69, 9.17) is 15.2 Å². The third kappa shape index (κ3) is 2.78. The van der Waals surface area contributed by atoms with Crippen LogP contribution in [0.25, 0.3) is 0 Å². The number of ether oxygens (including phenoxy) is 2. The van der Waals surface area contributed by atoms with Crippen LogP contribution in [0, 0.1) is 5.41 Å². The third-order valence-corrected chi connectivity index (χ3v) is 4.04. The normalized spacial score (nSPS) is 17.6. The molecule has 0 unspecified atom stereocenters. The van der Waals surface area contributed by atoms with E-state index in [0.717, 1.165) is 11.4 Å². The largest absolute Gasteiger partial charge is 0.497 e. The lowest BCUT2D eigenvalue weighted by Crippen LogP contribution is -2.49. The van der Waals surface area contributed by atoms with Gasteiger partial charge in [-0.15, -0.1) is 0 Å². The van der Waals surface area contributed by atoms with Crippen molar-refractivity contribution in [3.63, 3.8) is 0 Å². The first-order chi connectivity index (χ1) is 9.63. The van der Waals surface area contributed by atoms with Gasteiger partial charge in [0.15, 0.2) is 0 Å². The molecule has 1 aromatic carbocycles. The van der Waals surface area contributed by atoms with Gasteiger partial charge in [0.05, 0.1) is 12.5 Å². The second-order valence-electron chi connectivity index (χ2n) is 5.16. The van der Waals surface area contributed by atoms with Gasteiger partial charge in [-0.05, 0) is 25.0 Å². The van der Waals surface area contributed by atoms with E-state index in [9.17, 15) is 4.79 Å². The summed E-state index contributed by atoms with van der Waals surface area (Å²) < 4.78 is 10.6. The van der Waals surface area contributed by atoms with Crippen molar-refractivity contribution in [3.8, 4) is 5.75 Å². The number of carbonyl (C=O) groups excluding carboxylic acids is 1. The molecule has 110 valence electrons. The van der Waals surface area contributed by atoms with Crippen molar-refractivity contribution in [2.24, 2.45) is 11.1 Å². The Hall–Kier alpha value is -1.59. The summed E-state index contributed by atoms with van der Waals surface area (Å²) >= 11 is 0. The summed E-state index contributed by atoms with van der Waals surface area (Å²) in [4.78, 5) is 14.5. The fourth-order valence-corrected chi connectivity index (χ4v) is 2.56.